The fraction of sp³-hybridized carbons (Fsp3) is 0.588. The number of nitrogens with zero attached hydrogens (tertiary/aromatic N) is 4. The molecule has 0 saturated carbocycles. The third-order valence-corrected chi connectivity index (χ3v) is 5.99. The summed E-state index contributed by atoms with van der Waals surface area (Å²) >= 11 is 1.61. The van der Waals surface area contributed by atoms with Crippen molar-refractivity contribution in [2.75, 3.05) is 6.61 Å². The van der Waals surface area contributed by atoms with Crippen LogP contribution in [0.4, 0.5) is 5.82 Å². The molecule has 134 valence electrons. The Morgan fingerprint density at radius 1 is 1.44 bits per heavy atom. The number of hydrogen-bond donors (Lipinski definition) is 1. The van der Waals surface area contributed by atoms with Gasteiger partial charge in [-0.05, 0) is 33.6 Å². The second kappa shape index (κ2) is 5.88. The van der Waals surface area contributed by atoms with Gasteiger partial charge in [0.25, 0.3) is 5.56 Å². The van der Waals surface area contributed by atoms with Crippen LogP contribution in [0.1, 0.15) is 56.0 Å². The first-order valence-electron chi connectivity index (χ1n) is 8.53. The first kappa shape index (κ1) is 16.7. The lowest BCUT2D eigenvalue weighted by Gasteiger charge is -2.36. The van der Waals surface area contributed by atoms with Gasteiger partial charge in [0, 0.05) is 25.4 Å². The van der Waals surface area contributed by atoms with Gasteiger partial charge in [0.1, 0.15) is 0 Å². The highest BCUT2D eigenvalue weighted by Gasteiger charge is 2.36. The van der Waals surface area contributed by atoms with Crippen LogP contribution < -0.4 is 5.56 Å². The van der Waals surface area contributed by atoms with Crippen molar-refractivity contribution in [1.82, 2.24) is 19.6 Å². The number of H-pyrrole nitrogens is 1. The number of nitrogens with one attached hydrogen (secondary N) is 1. The standard InChI is InChI=1S/C17H23N5O2S/c1-10-19-15-13(14(25-10)11-8-18-21(4)9-11)16(23)20-22(15)12-5-6-24-17(2,3)7-12/h8-9,12,14H,5-7H2,1-4H3,(H,20,23)/t12-,14-/m1/s1. The molecule has 2 aliphatic rings. The molecule has 0 aliphatic carbocycles. The fourth-order valence-corrected chi connectivity index (χ4v) is 4.77. The molecular formula is C17H23N5O2S. The molecule has 25 heavy (non-hydrogen) atoms. The van der Waals surface area contributed by atoms with Crippen molar-refractivity contribution in [2.24, 2.45) is 12.0 Å². The van der Waals surface area contributed by atoms with Crippen LogP contribution in [0.5, 0.6) is 0 Å². The summed E-state index contributed by atoms with van der Waals surface area (Å²) in [5.41, 5.74) is 1.50. The van der Waals surface area contributed by atoms with Gasteiger partial charge in [-0.25, -0.2) is 4.99 Å². The summed E-state index contributed by atoms with van der Waals surface area (Å²) in [6.07, 6.45) is 5.52. The first-order valence-corrected chi connectivity index (χ1v) is 9.41. The van der Waals surface area contributed by atoms with E-state index in [2.05, 4.69) is 24.0 Å². The number of fused-ring (bicyclic) bond motifs is 1. The van der Waals surface area contributed by atoms with Crippen LogP contribution in [0.15, 0.2) is 22.2 Å². The molecule has 1 N–H and O–H groups in total. The van der Waals surface area contributed by atoms with E-state index in [-0.39, 0.29) is 22.5 Å². The molecule has 0 radical (unpaired) electrons. The third kappa shape index (κ3) is 2.97. The van der Waals surface area contributed by atoms with Gasteiger partial charge in [-0.3, -0.25) is 19.3 Å². The van der Waals surface area contributed by atoms with Crippen LogP contribution in [0.3, 0.4) is 0 Å². The Bertz CT molecular complexity index is 891. The van der Waals surface area contributed by atoms with Gasteiger partial charge >= 0.3 is 0 Å². The zero-order valence-electron chi connectivity index (χ0n) is 14.9. The lowest BCUT2D eigenvalue weighted by atomic mass is 9.94. The van der Waals surface area contributed by atoms with Crippen molar-refractivity contribution in [2.45, 2.75) is 50.5 Å². The lowest BCUT2D eigenvalue weighted by molar-refractivity contribution is -0.0705. The fourth-order valence-electron chi connectivity index (χ4n) is 3.70. The van der Waals surface area contributed by atoms with E-state index in [1.807, 2.05) is 31.0 Å². The molecule has 2 aromatic heterocycles. The number of thioether (sulfide) groups is 1. The Morgan fingerprint density at radius 2 is 2.24 bits per heavy atom. The van der Waals surface area contributed by atoms with Crippen molar-refractivity contribution in [3.63, 3.8) is 0 Å². The monoisotopic (exact) mass is 361 g/mol. The molecular weight excluding hydrogens is 338 g/mol. The van der Waals surface area contributed by atoms with Gasteiger partial charge in [0.2, 0.25) is 0 Å². The summed E-state index contributed by atoms with van der Waals surface area (Å²) in [5.74, 6) is 0.762. The third-order valence-electron chi connectivity index (χ3n) is 4.81. The largest absolute Gasteiger partial charge is 0.375 e. The van der Waals surface area contributed by atoms with Crippen LogP contribution in [0.2, 0.25) is 0 Å². The summed E-state index contributed by atoms with van der Waals surface area (Å²) in [5, 5.41) is 8.20. The summed E-state index contributed by atoms with van der Waals surface area (Å²) in [6, 6.07) is 0.189. The van der Waals surface area contributed by atoms with Gasteiger partial charge < -0.3 is 4.74 Å². The number of aromatic amines is 1. The van der Waals surface area contributed by atoms with E-state index in [0.29, 0.717) is 6.61 Å². The minimum absolute atomic E-state index is 0.0584. The highest BCUT2D eigenvalue weighted by Crippen LogP contribution is 2.45. The van der Waals surface area contributed by atoms with E-state index >= 15 is 0 Å². The zero-order valence-corrected chi connectivity index (χ0v) is 15.8. The maximum absolute atomic E-state index is 12.8. The smallest absolute Gasteiger partial charge is 0.271 e. The molecule has 4 rings (SSSR count). The molecule has 0 unspecified atom stereocenters. The molecule has 2 aromatic rings. The van der Waals surface area contributed by atoms with Gasteiger partial charge in [0.05, 0.1) is 33.7 Å². The minimum atomic E-state index is -0.193. The Labute approximate surface area is 150 Å². The lowest BCUT2D eigenvalue weighted by Crippen LogP contribution is -2.35. The normalized spacial score (nSPS) is 25.5. The minimum Gasteiger partial charge on any atom is -0.375 e. The molecule has 4 heterocycles. The van der Waals surface area contributed by atoms with E-state index in [4.69, 9.17) is 9.73 Å². The highest BCUT2D eigenvalue weighted by molar-refractivity contribution is 8.14. The Kier molecular flexibility index (Phi) is 3.92. The quantitative estimate of drug-likeness (QED) is 0.892. The molecule has 0 amide bonds. The molecule has 7 nitrogen and oxygen atoms in total. The number of aromatic nitrogens is 4. The Morgan fingerprint density at radius 3 is 2.92 bits per heavy atom. The number of aryl methyl sites for hydroxylation is 1. The SMILES string of the molecule is CC1=Nc2c(c(=O)[nH]n2[C@@H]2CCOC(C)(C)C2)[C@@H](c2cnn(C)c2)S1. The molecule has 1 saturated heterocycles. The number of rotatable bonds is 2. The predicted molar refractivity (Wildman–Crippen MR) is 98.8 cm³/mol. The van der Waals surface area contributed by atoms with Crippen molar-refractivity contribution in [1.29, 1.82) is 0 Å². The molecule has 8 heteroatoms. The van der Waals surface area contributed by atoms with Crippen molar-refractivity contribution in [3.8, 4) is 0 Å². The average molecular weight is 361 g/mol. The molecule has 1 fully saturated rings. The summed E-state index contributed by atoms with van der Waals surface area (Å²) in [6.45, 7) is 6.87. The Hall–Kier alpha value is -1.80. The van der Waals surface area contributed by atoms with Gasteiger partial charge in [-0.2, -0.15) is 5.10 Å². The second-order valence-corrected chi connectivity index (χ2v) is 8.68. The maximum Gasteiger partial charge on any atom is 0.271 e. The van der Waals surface area contributed by atoms with Gasteiger partial charge in [-0.1, -0.05) is 11.8 Å². The number of hydrogen-bond acceptors (Lipinski definition) is 5. The van der Waals surface area contributed by atoms with Gasteiger partial charge in [-0.15, -0.1) is 0 Å². The van der Waals surface area contributed by atoms with E-state index in [1.54, 1.807) is 16.4 Å². The number of aliphatic imine (C=N–C) groups is 1. The first-order chi connectivity index (χ1) is 11.8. The predicted octanol–water partition coefficient (Wildman–Crippen LogP) is 2.93. The van der Waals surface area contributed by atoms with Crippen LogP contribution in [-0.4, -0.2) is 36.8 Å². The van der Waals surface area contributed by atoms with Crippen LogP contribution in [-0.2, 0) is 11.8 Å². The highest BCUT2D eigenvalue weighted by atomic mass is 32.2. The summed E-state index contributed by atoms with van der Waals surface area (Å²) < 4.78 is 9.56. The molecule has 2 aliphatic heterocycles. The van der Waals surface area contributed by atoms with Crippen LogP contribution in [0, 0.1) is 0 Å². The van der Waals surface area contributed by atoms with Crippen LogP contribution in [0.25, 0.3) is 0 Å². The van der Waals surface area contributed by atoms with E-state index in [1.165, 1.54) is 0 Å². The van der Waals surface area contributed by atoms with E-state index in [0.717, 1.165) is 34.8 Å². The van der Waals surface area contributed by atoms with Gasteiger partial charge in [0.15, 0.2) is 5.82 Å². The van der Waals surface area contributed by atoms with Crippen molar-refractivity contribution >= 4 is 22.6 Å². The summed E-state index contributed by atoms with van der Waals surface area (Å²) in [4.78, 5) is 17.5. The molecule has 0 spiro atoms. The van der Waals surface area contributed by atoms with E-state index in [9.17, 15) is 4.79 Å². The molecule has 0 aromatic carbocycles. The molecule has 0 bridgehead atoms. The van der Waals surface area contributed by atoms with Crippen molar-refractivity contribution < 1.29 is 4.74 Å². The zero-order chi connectivity index (χ0) is 17.8. The average Bonchev–Trinajstić information content (AvgIpc) is 3.10. The summed E-state index contributed by atoms with van der Waals surface area (Å²) in [7, 11) is 1.89. The van der Waals surface area contributed by atoms with Crippen LogP contribution >= 0.6 is 11.8 Å². The number of ether oxygens (including phenoxy) is 1. The molecule has 2 atom stereocenters. The topological polar surface area (TPSA) is 77.2 Å². The Balaban J connectivity index is 1.80. The van der Waals surface area contributed by atoms with Crippen molar-refractivity contribution in [3.05, 3.63) is 33.9 Å². The maximum atomic E-state index is 12.8. The second-order valence-electron chi connectivity index (χ2n) is 7.38. The van der Waals surface area contributed by atoms with E-state index < -0.39 is 0 Å².